The Labute approximate surface area is 133 Å². The fraction of sp³-hybridized carbons (Fsp3) is 0.353. The van der Waals surface area contributed by atoms with E-state index in [2.05, 4.69) is 4.98 Å². The number of hydrogen-bond acceptors (Lipinski definition) is 4. The van der Waals surface area contributed by atoms with Gasteiger partial charge < -0.3 is 14.7 Å². The number of carbonyl (C=O) groups excluding carboxylic acids is 1. The first-order valence-corrected chi connectivity index (χ1v) is 7.62. The third-order valence-electron chi connectivity index (χ3n) is 4.16. The summed E-state index contributed by atoms with van der Waals surface area (Å²) in [6.45, 7) is 0.887. The maximum atomic E-state index is 12.2. The van der Waals surface area contributed by atoms with E-state index in [1.807, 2.05) is 24.3 Å². The van der Waals surface area contributed by atoms with Crippen molar-refractivity contribution in [2.45, 2.75) is 12.8 Å². The predicted molar refractivity (Wildman–Crippen MR) is 84.2 cm³/mol. The Balaban J connectivity index is 1.60. The van der Waals surface area contributed by atoms with E-state index in [0.717, 1.165) is 10.9 Å². The normalized spacial score (nSPS) is 15.6. The molecule has 0 radical (unpaired) electrons. The lowest BCUT2D eigenvalue weighted by molar-refractivity contribution is -0.146. The average Bonchev–Trinajstić information content (AvgIpc) is 2.59. The lowest BCUT2D eigenvalue weighted by atomic mass is 9.97. The largest absolute Gasteiger partial charge is 0.483 e. The number of nitrogens with zero attached hydrogens (tertiary/aromatic N) is 2. The van der Waals surface area contributed by atoms with E-state index in [9.17, 15) is 9.59 Å². The molecule has 1 aliphatic heterocycles. The Bertz CT molecular complexity index is 718. The zero-order chi connectivity index (χ0) is 16.2. The molecule has 1 fully saturated rings. The summed E-state index contributed by atoms with van der Waals surface area (Å²) >= 11 is 0. The summed E-state index contributed by atoms with van der Waals surface area (Å²) in [7, 11) is 0. The first-order chi connectivity index (χ1) is 11.1. The summed E-state index contributed by atoms with van der Waals surface area (Å²) in [4.78, 5) is 29.1. The second kappa shape index (κ2) is 6.64. The van der Waals surface area contributed by atoms with Gasteiger partial charge in [-0.2, -0.15) is 0 Å². The van der Waals surface area contributed by atoms with Crippen LogP contribution in [0.15, 0.2) is 36.5 Å². The molecule has 0 bridgehead atoms. The first kappa shape index (κ1) is 15.3. The van der Waals surface area contributed by atoms with Crippen molar-refractivity contribution in [1.82, 2.24) is 9.88 Å². The zero-order valence-electron chi connectivity index (χ0n) is 12.6. The topological polar surface area (TPSA) is 79.7 Å². The minimum absolute atomic E-state index is 0.0499. The maximum absolute atomic E-state index is 12.2. The minimum atomic E-state index is -0.781. The summed E-state index contributed by atoms with van der Waals surface area (Å²) in [6.07, 6.45) is 2.65. The Morgan fingerprint density at radius 1 is 1.22 bits per heavy atom. The van der Waals surface area contributed by atoms with Gasteiger partial charge in [-0.15, -0.1) is 0 Å². The Kier molecular flexibility index (Phi) is 4.41. The molecule has 2 aromatic rings. The highest BCUT2D eigenvalue weighted by Gasteiger charge is 2.27. The first-order valence-electron chi connectivity index (χ1n) is 7.62. The molecule has 120 valence electrons. The van der Waals surface area contributed by atoms with E-state index in [0.29, 0.717) is 31.7 Å². The third-order valence-corrected chi connectivity index (χ3v) is 4.16. The van der Waals surface area contributed by atoms with Crippen LogP contribution in [0.3, 0.4) is 0 Å². The molecule has 0 atom stereocenters. The van der Waals surface area contributed by atoms with Gasteiger partial charge in [-0.05, 0) is 31.0 Å². The van der Waals surface area contributed by atoms with Crippen molar-refractivity contribution in [3.63, 3.8) is 0 Å². The number of carboxylic acid groups (broad SMARTS) is 1. The highest BCUT2D eigenvalue weighted by atomic mass is 16.5. The lowest BCUT2D eigenvalue weighted by Gasteiger charge is -2.30. The van der Waals surface area contributed by atoms with Gasteiger partial charge in [0.25, 0.3) is 5.91 Å². The van der Waals surface area contributed by atoms with Gasteiger partial charge in [0.2, 0.25) is 0 Å². The van der Waals surface area contributed by atoms with Gasteiger partial charge in [0.1, 0.15) is 5.75 Å². The second-order valence-corrected chi connectivity index (χ2v) is 5.61. The van der Waals surface area contributed by atoms with Crippen LogP contribution >= 0.6 is 0 Å². The number of piperidine rings is 1. The Morgan fingerprint density at radius 3 is 2.70 bits per heavy atom. The van der Waals surface area contributed by atoms with Gasteiger partial charge in [-0.1, -0.05) is 12.1 Å². The molecule has 23 heavy (non-hydrogen) atoms. The van der Waals surface area contributed by atoms with Crippen LogP contribution in [0, 0.1) is 5.92 Å². The molecule has 1 aromatic heterocycles. The maximum Gasteiger partial charge on any atom is 0.306 e. The summed E-state index contributed by atoms with van der Waals surface area (Å²) in [6, 6.07) is 9.33. The number of carbonyl (C=O) groups is 2. The van der Waals surface area contributed by atoms with Crippen LogP contribution in [0.4, 0.5) is 0 Å². The van der Waals surface area contributed by atoms with Crippen molar-refractivity contribution in [1.29, 1.82) is 0 Å². The fourth-order valence-corrected chi connectivity index (χ4v) is 2.80. The number of hydrogen-bond donors (Lipinski definition) is 1. The molecule has 2 heterocycles. The Hall–Kier alpha value is -2.63. The standard InChI is InChI=1S/C17H18N2O4/c20-16(19-9-6-12(7-10-19)17(21)22)11-23-15-5-8-18-14-4-2-1-3-13(14)15/h1-5,8,12H,6-7,9-11H2,(H,21,22). The SMILES string of the molecule is O=C(O)C1CCN(C(=O)COc2ccnc3ccccc23)CC1. The second-order valence-electron chi connectivity index (χ2n) is 5.61. The van der Waals surface area contributed by atoms with E-state index in [1.54, 1.807) is 17.2 Å². The molecular weight excluding hydrogens is 296 g/mol. The molecule has 6 heteroatoms. The molecular formula is C17H18N2O4. The van der Waals surface area contributed by atoms with Crippen LogP contribution in [0.2, 0.25) is 0 Å². The summed E-state index contributed by atoms with van der Waals surface area (Å²) in [5.41, 5.74) is 0.819. The number of carboxylic acids is 1. The molecule has 3 rings (SSSR count). The number of amides is 1. The Morgan fingerprint density at radius 2 is 1.96 bits per heavy atom. The number of fused-ring (bicyclic) bond motifs is 1. The molecule has 1 aromatic carbocycles. The van der Waals surface area contributed by atoms with Crippen molar-refractivity contribution in [3.05, 3.63) is 36.5 Å². The molecule has 0 aliphatic carbocycles. The minimum Gasteiger partial charge on any atom is -0.483 e. The number of aromatic nitrogens is 1. The zero-order valence-corrected chi connectivity index (χ0v) is 12.6. The molecule has 1 N–H and O–H groups in total. The van der Waals surface area contributed by atoms with Crippen LogP contribution in [0.5, 0.6) is 5.75 Å². The van der Waals surface area contributed by atoms with Crippen molar-refractivity contribution < 1.29 is 19.4 Å². The van der Waals surface area contributed by atoms with Crippen molar-refractivity contribution in [2.75, 3.05) is 19.7 Å². The van der Waals surface area contributed by atoms with Gasteiger partial charge in [0.15, 0.2) is 6.61 Å². The highest BCUT2D eigenvalue weighted by molar-refractivity contribution is 5.85. The third kappa shape index (κ3) is 3.41. The van der Waals surface area contributed by atoms with Crippen molar-refractivity contribution in [3.8, 4) is 5.75 Å². The van der Waals surface area contributed by atoms with Crippen LogP contribution < -0.4 is 4.74 Å². The summed E-state index contributed by atoms with van der Waals surface area (Å²) in [5, 5.41) is 9.85. The van der Waals surface area contributed by atoms with E-state index in [-0.39, 0.29) is 18.4 Å². The number of benzene rings is 1. The smallest absolute Gasteiger partial charge is 0.306 e. The van der Waals surface area contributed by atoms with E-state index in [4.69, 9.17) is 9.84 Å². The summed E-state index contributed by atoms with van der Waals surface area (Å²) in [5.74, 6) is -0.611. The van der Waals surface area contributed by atoms with Crippen LogP contribution in [-0.4, -0.2) is 46.6 Å². The van der Waals surface area contributed by atoms with Crippen LogP contribution in [0.1, 0.15) is 12.8 Å². The lowest BCUT2D eigenvalue weighted by Crippen LogP contribution is -2.42. The van der Waals surface area contributed by atoms with Gasteiger partial charge in [0.05, 0.1) is 11.4 Å². The molecule has 6 nitrogen and oxygen atoms in total. The number of pyridine rings is 1. The molecule has 0 spiro atoms. The van der Waals surface area contributed by atoms with Crippen molar-refractivity contribution in [2.24, 2.45) is 5.92 Å². The molecule has 1 aliphatic rings. The molecule has 0 saturated carbocycles. The van der Waals surface area contributed by atoms with Gasteiger partial charge in [-0.25, -0.2) is 0 Å². The number of para-hydroxylation sites is 1. The average molecular weight is 314 g/mol. The van der Waals surface area contributed by atoms with Crippen molar-refractivity contribution >= 4 is 22.8 Å². The van der Waals surface area contributed by atoms with E-state index in [1.165, 1.54) is 0 Å². The van der Waals surface area contributed by atoms with Crippen LogP contribution in [0.25, 0.3) is 10.9 Å². The fourth-order valence-electron chi connectivity index (χ4n) is 2.80. The van der Waals surface area contributed by atoms with E-state index >= 15 is 0 Å². The van der Waals surface area contributed by atoms with Gasteiger partial charge >= 0.3 is 5.97 Å². The van der Waals surface area contributed by atoms with E-state index < -0.39 is 5.97 Å². The molecule has 0 unspecified atom stereocenters. The summed E-state index contributed by atoms with van der Waals surface area (Å²) < 4.78 is 5.66. The predicted octanol–water partition coefficient (Wildman–Crippen LogP) is 1.94. The monoisotopic (exact) mass is 314 g/mol. The van der Waals surface area contributed by atoms with Crippen LogP contribution in [-0.2, 0) is 9.59 Å². The number of rotatable bonds is 4. The number of likely N-dealkylation sites (tertiary alicyclic amines) is 1. The molecule has 1 amide bonds. The molecule has 1 saturated heterocycles. The number of ether oxygens (including phenoxy) is 1. The van der Waals surface area contributed by atoms with Gasteiger partial charge in [0, 0.05) is 24.7 Å². The quantitative estimate of drug-likeness (QED) is 0.933. The number of aliphatic carboxylic acids is 1. The highest BCUT2D eigenvalue weighted by Crippen LogP contribution is 2.23. The van der Waals surface area contributed by atoms with Gasteiger partial charge in [-0.3, -0.25) is 14.6 Å².